The van der Waals surface area contributed by atoms with Gasteiger partial charge < -0.3 is 14.3 Å². The summed E-state index contributed by atoms with van der Waals surface area (Å²) < 4.78 is 49.2. The average Bonchev–Trinajstić information content (AvgIpc) is 3.05. The maximum absolute atomic E-state index is 12.8. The minimum Gasteiger partial charge on any atom is -0.463 e. The molecule has 1 N–H and O–H groups in total. The number of methoxy groups -OCH3 is 1. The molecule has 22 heavy (non-hydrogen) atoms. The zero-order valence-corrected chi connectivity index (χ0v) is 11.6. The van der Waals surface area contributed by atoms with Crippen molar-refractivity contribution < 1.29 is 32.2 Å². The third-order valence-electron chi connectivity index (χ3n) is 2.85. The fourth-order valence-corrected chi connectivity index (χ4v) is 1.92. The van der Waals surface area contributed by atoms with Gasteiger partial charge in [0.2, 0.25) is 5.76 Å². The molecule has 0 aliphatic heterocycles. The van der Waals surface area contributed by atoms with Gasteiger partial charge in [-0.2, -0.15) is 18.3 Å². The molecule has 2 heterocycles. The summed E-state index contributed by atoms with van der Waals surface area (Å²) in [4.78, 5) is 11.2. The van der Waals surface area contributed by atoms with Gasteiger partial charge in [0.15, 0.2) is 5.69 Å². The number of furan rings is 1. The Hall–Kier alpha value is -2.29. The molecular weight excluding hydrogens is 305 g/mol. The fourth-order valence-electron chi connectivity index (χ4n) is 1.92. The van der Waals surface area contributed by atoms with E-state index >= 15 is 0 Å². The van der Waals surface area contributed by atoms with E-state index in [1.165, 1.54) is 25.4 Å². The van der Waals surface area contributed by atoms with Gasteiger partial charge in [0, 0.05) is 18.4 Å². The highest BCUT2D eigenvalue weighted by Crippen LogP contribution is 2.31. The van der Waals surface area contributed by atoms with E-state index in [4.69, 9.17) is 9.52 Å². The Morgan fingerprint density at radius 2 is 2.18 bits per heavy atom. The quantitative estimate of drug-likeness (QED) is 0.852. The van der Waals surface area contributed by atoms with Gasteiger partial charge in [-0.05, 0) is 18.6 Å². The van der Waals surface area contributed by atoms with Crippen LogP contribution in [-0.4, -0.2) is 34.6 Å². The van der Waals surface area contributed by atoms with E-state index in [1.54, 1.807) is 0 Å². The van der Waals surface area contributed by atoms with E-state index in [0.717, 1.165) is 4.68 Å². The Morgan fingerprint density at radius 3 is 2.77 bits per heavy atom. The van der Waals surface area contributed by atoms with Crippen LogP contribution in [0.15, 0.2) is 22.7 Å². The Balaban J connectivity index is 2.23. The van der Waals surface area contributed by atoms with Gasteiger partial charge in [-0.3, -0.25) is 4.68 Å². The van der Waals surface area contributed by atoms with E-state index in [2.05, 4.69) is 9.84 Å². The van der Waals surface area contributed by atoms with Crippen molar-refractivity contribution in [2.75, 3.05) is 13.7 Å². The van der Waals surface area contributed by atoms with Crippen LogP contribution >= 0.6 is 0 Å². The largest absolute Gasteiger partial charge is 0.463 e. The molecule has 0 aromatic carbocycles. The van der Waals surface area contributed by atoms with Crippen LogP contribution < -0.4 is 0 Å². The summed E-state index contributed by atoms with van der Waals surface area (Å²) in [6, 6.07) is 2.82. The highest BCUT2D eigenvalue weighted by atomic mass is 19.4. The zero-order valence-electron chi connectivity index (χ0n) is 11.6. The molecule has 2 aromatic rings. The van der Waals surface area contributed by atoms with Crippen molar-refractivity contribution in [3.8, 4) is 0 Å². The number of aliphatic hydroxyl groups is 1. The number of aliphatic hydroxyl groups excluding tert-OH is 1. The molecule has 0 spiro atoms. The summed E-state index contributed by atoms with van der Waals surface area (Å²) >= 11 is 0. The maximum Gasteiger partial charge on any atom is 0.435 e. The first-order chi connectivity index (χ1) is 10.3. The second-order valence-corrected chi connectivity index (χ2v) is 4.43. The molecule has 6 nitrogen and oxygen atoms in total. The van der Waals surface area contributed by atoms with Gasteiger partial charge in [-0.25, -0.2) is 4.79 Å². The zero-order chi connectivity index (χ0) is 16.3. The number of carbonyl (C=O) groups excluding carboxylic acids is 1. The number of aromatic nitrogens is 2. The average molecular weight is 318 g/mol. The molecule has 0 saturated carbocycles. The van der Waals surface area contributed by atoms with Crippen LogP contribution in [0.4, 0.5) is 13.2 Å². The van der Waals surface area contributed by atoms with Crippen LogP contribution in [0.3, 0.4) is 0 Å². The van der Waals surface area contributed by atoms with Crippen molar-refractivity contribution in [1.29, 1.82) is 0 Å². The lowest BCUT2D eigenvalue weighted by Gasteiger charge is -2.04. The smallest absolute Gasteiger partial charge is 0.435 e. The standard InChI is InChI=1S/C13H13F3N2O4/c1-21-12(20)10-3-2-9(22-10)7-18-6-8(4-5-19)11(17-18)13(14,15)16/h2-3,6,19H,4-5,7H2,1H3. The molecule has 0 unspecified atom stereocenters. The predicted octanol–water partition coefficient (Wildman–Crippen LogP) is 1.86. The molecule has 0 radical (unpaired) electrons. The van der Waals surface area contributed by atoms with E-state index in [9.17, 15) is 18.0 Å². The van der Waals surface area contributed by atoms with Crippen LogP contribution in [0.2, 0.25) is 0 Å². The number of halogens is 3. The second kappa shape index (κ2) is 6.22. The van der Waals surface area contributed by atoms with Crippen molar-refractivity contribution >= 4 is 5.97 Å². The first kappa shape index (κ1) is 16.1. The highest BCUT2D eigenvalue weighted by Gasteiger charge is 2.36. The number of nitrogens with zero attached hydrogens (tertiary/aromatic N) is 2. The third-order valence-corrected chi connectivity index (χ3v) is 2.85. The van der Waals surface area contributed by atoms with Gasteiger partial charge in [0.1, 0.15) is 5.76 Å². The summed E-state index contributed by atoms with van der Waals surface area (Å²) in [7, 11) is 1.19. The lowest BCUT2D eigenvalue weighted by atomic mass is 10.2. The summed E-state index contributed by atoms with van der Waals surface area (Å²) in [5, 5.41) is 12.3. The van der Waals surface area contributed by atoms with Crippen molar-refractivity contribution in [1.82, 2.24) is 9.78 Å². The minimum absolute atomic E-state index is 0.0451. The maximum atomic E-state index is 12.8. The molecule has 0 saturated heterocycles. The molecular formula is C13H13F3N2O4. The van der Waals surface area contributed by atoms with Gasteiger partial charge in [0.25, 0.3) is 0 Å². The van der Waals surface area contributed by atoms with Crippen LogP contribution in [-0.2, 0) is 23.9 Å². The first-order valence-electron chi connectivity index (χ1n) is 6.26. The van der Waals surface area contributed by atoms with Gasteiger partial charge in [0.05, 0.1) is 13.7 Å². The van der Waals surface area contributed by atoms with Crippen molar-refractivity contribution in [2.24, 2.45) is 0 Å². The monoisotopic (exact) mass is 318 g/mol. The Morgan fingerprint density at radius 1 is 1.45 bits per heavy atom. The predicted molar refractivity (Wildman–Crippen MR) is 67.2 cm³/mol. The molecule has 2 rings (SSSR count). The SMILES string of the molecule is COC(=O)c1ccc(Cn2cc(CCO)c(C(F)(F)F)n2)o1. The lowest BCUT2D eigenvalue weighted by molar-refractivity contribution is -0.142. The summed E-state index contributed by atoms with van der Waals surface area (Å²) in [5.74, 6) is -0.466. The number of carbonyl (C=O) groups is 1. The minimum atomic E-state index is -4.60. The summed E-state index contributed by atoms with van der Waals surface area (Å²) in [6.45, 7) is -0.493. The Kier molecular flexibility index (Phi) is 4.55. The van der Waals surface area contributed by atoms with E-state index in [0.29, 0.717) is 0 Å². The Labute approximate surface area is 123 Å². The van der Waals surface area contributed by atoms with Gasteiger partial charge in [-0.1, -0.05) is 0 Å². The number of ether oxygens (including phenoxy) is 1. The topological polar surface area (TPSA) is 77.5 Å². The molecule has 0 fully saturated rings. The number of hydrogen-bond donors (Lipinski definition) is 1. The first-order valence-corrected chi connectivity index (χ1v) is 6.26. The van der Waals surface area contributed by atoms with Crippen LogP contribution in [0.1, 0.15) is 27.6 Å². The molecule has 0 aliphatic rings. The lowest BCUT2D eigenvalue weighted by Crippen LogP contribution is -2.10. The molecule has 9 heteroatoms. The number of hydrogen-bond acceptors (Lipinski definition) is 5. The normalized spacial score (nSPS) is 11.7. The number of esters is 1. The van der Waals surface area contributed by atoms with Crippen molar-refractivity contribution in [2.45, 2.75) is 19.1 Å². The molecule has 2 aromatic heterocycles. The van der Waals surface area contributed by atoms with Crippen molar-refractivity contribution in [3.05, 3.63) is 41.1 Å². The molecule has 0 amide bonds. The molecule has 0 atom stereocenters. The number of rotatable bonds is 5. The van der Waals surface area contributed by atoms with Gasteiger partial charge >= 0.3 is 12.1 Å². The second-order valence-electron chi connectivity index (χ2n) is 4.43. The third kappa shape index (κ3) is 3.48. The summed E-state index contributed by atoms with van der Waals surface area (Å²) in [5.41, 5.74) is -1.14. The molecule has 0 aliphatic carbocycles. The fraction of sp³-hybridized carbons (Fsp3) is 0.385. The van der Waals surface area contributed by atoms with Crippen molar-refractivity contribution in [3.63, 3.8) is 0 Å². The summed E-state index contributed by atoms with van der Waals surface area (Å²) in [6.07, 6.45) is -3.56. The highest BCUT2D eigenvalue weighted by molar-refractivity contribution is 5.86. The number of alkyl halides is 3. The van der Waals surface area contributed by atoms with Crippen LogP contribution in [0.5, 0.6) is 0 Å². The van der Waals surface area contributed by atoms with E-state index in [1.807, 2.05) is 0 Å². The molecule has 120 valence electrons. The van der Waals surface area contributed by atoms with Crippen LogP contribution in [0, 0.1) is 0 Å². The van der Waals surface area contributed by atoms with Gasteiger partial charge in [-0.15, -0.1) is 0 Å². The van der Waals surface area contributed by atoms with E-state index in [-0.39, 0.29) is 30.0 Å². The molecule has 0 bridgehead atoms. The van der Waals surface area contributed by atoms with E-state index < -0.39 is 24.4 Å². The van der Waals surface area contributed by atoms with Crippen LogP contribution in [0.25, 0.3) is 0 Å². The Bertz CT molecular complexity index is 661.